The monoisotopic (exact) mass is 346 g/mol. The highest BCUT2D eigenvalue weighted by Gasteiger charge is 2.22. The molecule has 0 amide bonds. The van der Waals surface area contributed by atoms with Gasteiger partial charge in [0.15, 0.2) is 5.82 Å². The van der Waals surface area contributed by atoms with E-state index < -0.39 is 16.0 Å². The van der Waals surface area contributed by atoms with Crippen molar-refractivity contribution < 1.29 is 18.3 Å². The van der Waals surface area contributed by atoms with E-state index in [0.29, 0.717) is 0 Å². The highest BCUT2D eigenvalue weighted by Crippen LogP contribution is 2.27. The number of sulfonamides is 1. The van der Waals surface area contributed by atoms with Crippen LogP contribution in [0, 0.1) is 0 Å². The number of rotatable bonds is 4. The lowest BCUT2D eigenvalue weighted by Crippen LogP contribution is -2.17. The third-order valence-corrected chi connectivity index (χ3v) is 4.51. The summed E-state index contributed by atoms with van der Waals surface area (Å²) in [5.74, 6) is -1.61. The summed E-state index contributed by atoms with van der Waals surface area (Å²) >= 11 is 11.6. The molecule has 0 radical (unpaired) electrons. The number of aromatic nitrogens is 1. The molecule has 6 nitrogen and oxygen atoms in total. The maximum absolute atomic E-state index is 12.3. The Kier molecular flexibility index (Phi) is 4.36. The van der Waals surface area contributed by atoms with E-state index in [1.165, 1.54) is 30.5 Å². The zero-order valence-electron chi connectivity index (χ0n) is 10.2. The molecule has 110 valence electrons. The van der Waals surface area contributed by atoms with Crippen molar-refractivity contribution in [1.82, 2.24) is 4.98 Å². The van der Waals surface area contributed by atoms with Crippen molar-refractivity contribution in [2.45, 2.75) is 4.90 Å². The van der Waals surface area contributed by atoms with E-state index in [1.54, 1.807) is 0 Å². The van der Waals surface area contributed by atoms with Gasteiger partial charge in [-0.3, -0.25) is 4.72 Å². The minimum Gasteiger partial charge on any atom is -0.478 e. The number of nitrogens with one attached hydrogen (secondary N) is 1. The lowest BCUT2D eigenvalue weighted by atomic mass is 10.3. The Bertz CT molecular complexity index is 809. The lowest BCUT2D eigenvalue weighted by molar-refractivity contribution is 0.0697. The van der Waals surface area contributed by atoms with Crippen molar-refractivity contribution in [3.8, 4) is 0 Å². The molecule has 0 saturated carbocycles. The van der Waals surface area contributed by atoms with E-state index >= 15 is 0 Å². The van der Waals surface area contributed by atoms with E-state index in [1.807, 2.05) is 0 Å². The van der Waals surface area contributed by atoms with Crippen LogP contribution >= 0.6 is 23.2 Å². The average Bonchev–Trinajstić information content (AvgIpc) is 2.41. The van der Waals surface area contributed by atoms with Gasteiger partial charge in [0.2, 0.25) is 0 Å². The second-order valence-electron chi connectivity index (χ2n) is 3.88. The van der Waals surface area contributed by atoms with Gasteiger partial charge in [0.05, 0.1) is 5.02 Å². The second kappa shape index (κ2) is 5.88. The van der Waals surface area contributed by atoms with Crippen LogP contribution in [0.25, 0.3) is 0 Å². The third-order valence-electron chi connectivity index (χ3n) is 2.45. The first-order valence-corrected chi connectivity index (χ1v) is 7.71. The van der Waals surface area contributed by atoms with E-state index in [2.05, 4.69) is 9.71 Å². The SMILES string of the molecule is O=C(O)c1cccnc1NS(=O)(=O)c1cc(Cl)ccc1Cl. The number of hydrogen-bond acceptors (Lipinski definition) is 4. The van der Waals surface area contributed by atoms with E-state index in [0.717, 1.165) is 6.07 Å². The lowest BCUT2D eigenvalue weighted by Gasteiger charge is -2.10. The fourth-order valence-electron chi connectivity index (χ4n) is 1.52. The molecule has 1 aromatic carbocycles. The molecule has 0 unspecified atom stereocenters. The minimum atomic E-state index is -4.11. The summed E-state index contributed by atoms with van der Waals surface area (Å²) in [6, 6.07) is 6.54. The van der Waals surface area contributed by atoms with Crippen LogP contribution in [0.4, 0.5) is 5.82 Å². The maximum atomic E-state index is 12.3. The molecular formula is C12H8Cl2N2O4S. The summed E-state index contributed by atoms with van der Waals surface area (Å²) in [4.78, 5) is 14.5. The highest BCUT2D eigenvalue weighted by atomic mass is 35.5. The van der Waals surface area contributed by atoms with Crippen molar-refractivity contribution in [2.75, 3.05) is 4.72 Å². The first-order chi connectivity index (χ1) is 9.81. The largest absolute Gasteiger partial charge is 0.478 e. The number of carboxylic acids is 1. The molecule has 0 aliphatic rings. The van der Waals surface area contributed by atoms with Gasteiger partial charge in [-0.2, -0.15) is 0 Å². The minimum absolute atomic E-state index is 0.0419. The summed E-state index contributed by atoms with van der Waals surface area (Å²) in [6.45, 7) is 0. The Labute approximate surface area is 130 Å². The summed E-state index contributed by atoms with van der Waals surface area (Å²) in [6.07, 6.45) is 1.27. The molecular weight excluding hydrogens is 339 g/mol. The van der Waals surface area contributed by atoms with Crippen molar-refractivity contribution in [2.24, 2.45) is 0 Å². The van der Waals surface area contributed by atoms with Gasteiger partial charge in [0.25, 0.3) is 10.0 Å². The van der Waals surface area contributed by atoms with Crippen molar-refractivity contribution >= 4 is 45.0 Å². The maximum Gasteiger partial charge on any atom is 0.339 e. The number of nitrogens with zero attached hydrogens (tertiary/aromatic N) is 1. The van der Waals surface area contributed by atoms with Gasteiger partial charge in [0, 0.05) is 11.2 Å². The number of carboxylic acid groups (broad SMARTS) is 1. The predicted octanol–water partition coefficient (Wildman–Crippen LogP) is 2.89. The van der Waals surface area contributed by atoms with Gasteiger partial charge in [-0.05, 0) is 30.3 Å². The van der Waals surface area contributed by atoms with Gasteiger partial charge >= 0.3 is 5.97 Å². The number of benzene rings is 1. The van der Waals surface area contributed by atoms with Gasteiger partial charge in [0.1, 0.15) is 10.5 Å². The van der Waals surface area contributed by atoms with Gasteiger partial charge < -0.3 is 5.11 Å². The first-order valence-electron chi connectivity index (χ1n) is 5.47. The van der Waals surface area contributed by atoms with Crippen molar-refractivity contribution in [3.63, 3.8) is 0 Å². The molecule has 0 atom stereocenters. The topological polar surface area (TPSA) is 96.4 Å². The fraction of sp³-hybridized carbons (Fsp3) is 0. The smallest absolute Gasteiger partial charge is 0.339 e. The predicted molar refractivity (Wildman–Crippen MR) is 78.5 cm³/mol. The molecule has 2 rings (SSSR count). The normalized spacial score (nSPS) is 11.1. The molecule has 0 aliphatic carbocycles. The van der Waals surface area contributed by atoms with Gasteiger partial charge in [-0.25, -0.2) is 18.2 Å². The van der Waals surface area contributed by atoms with E-state index in [9.17, 15) is 13.2 Å². The number of aromatic carboxylic acids is 1. The Morgan fingerprint density at radius 3 is 2.62 bits per heavy atom. The Morgan fingerprint density at radius 1 is 1.24 bits per heavy atom. The fourth-order valence-corrected chi connectivity index (χ4v) is 3.32. The molecule has 2 N–H and O–H groups in total. The number of hydrogen-bond donors (Lipinski definition) is 2. The van der Waals surface area contributed by atoms with Gasteiger partial charge in [-0.1, -0.05) is 23.2 Å². The Balaban J connectivity index is 2.48. The molecule has 0 saturated heterocycles. The zero-order chi connectivity index (χ0) is 15.6. The molecule has 1 aromatic heterocycles. The number of halogens is 2. The van der Waals surface area contributed by atoms with Crippen LogP contribution in [0.2, 0.25) is 10.0 Å². The van der Waals surface area contributed by atoms with Crippen LogP contribution < -0.4 is 4.72 Å². The molecule has 9 heteroatoms. The summed E-state index contributed by atoms with van der Waals surface area (Å²) in [5.41, 5.74) is -0.278. The highest BCUT2D eigenvalue weighted by molar-refractivity contribution is 7.92. The van der Waals surface area contributed by atoms with Crippen LogP contribution in [0.15, 0.2) is 41.4 Å². The number of anilines is 1. The molecule has 0 bridgehead atoms. The average molecular weight is 347 g/mol. The number of pyridine rings is 1. The second-order valence-corrected chi connectivity index (χ2v) is 6.38. The third kappa shape index (κ3) is 3.44. The van der Waals surface area contributed by atoms with Crippen LogP contribution in [-0.2, 0) is 10.0 Å². The zero-order valence-corrected chi connectivity index (χ0v) is 12.6. The van der Waals surface area contributed by atoms with Crippen LogP contribution in [0.1, 0.15) is 10.4 Å². The van der Waals surface area contributed by atoms with Gasteiger partial charge in [-0.15, -0.1) is 0 Å². The van der Waals surface area contributed by atoms with Crippen molar-refractivity contribution in [1.29, 1.82) is 0 Å². The van der Waals surface area contributed by atoms with Crippen molar-refractivity contribution in [3.05, 3.63) is 52.1 Å². The van der Waals surface area contributed by atoms with Crippen LogP contribution in [-0.4, -0.2) is 24.5 Å². The molecule has 1 heterocycles. The molecule has 0 aliphatic heterocycles. The quantitative estimate of drug-likeness (QED) is 0.887. The van der Waals surface area contributed by atoms with E-state index in [4.69, 9.17) is 28.3 Å². The van der Waals surface area contributed by atoms with Crippen LogP contribution in [0.3, 0.4) is 0 Å². The number of carbonyl (C=O) groups is 1. The Hall–Kier alpha value is -1.83. The summed E-state index contributed by atoms with van der Waals surface area (Å²) in [7, 11) is -4.11. The summed E-state index contributed by atoms with van der Waals surface area (Å²) in [5, 5.41) is 9.15. The standard InChI is InChI=1S/C12H8Cl2N2O4S/c13-7-3-4-9(14)10(6-7)21(19,20)16-11-8(12(17)18)2-1-5-15-11/h1-6H,(H,15,16)(H,17,18). The molecule has 21 heavy (non-hydrogen) atoms. The van der Waals surface area contributed by atoms with Crippen LogP contribution in [0.5, 0.6) is 0 Å². The first kappa shape index (κ1) is 15.6. The summed E-state index contributed by atoms with van der Waals surface area (Å²) < 4.78 is 26.6. The molecule has 0 fully saturated rings. The van der Waals surface area contributed by atoms with E-state index in [-0.39, 0.29) is 26.3 Å². The molecule has 0 spiro atoms. The molecule has 2 aromatic rings. The Morgan fingerprint density at radius 2 is 1.95 bits per heavy atom.